The lowest BCUT2D eigenvalue weighted by atomic mass is 9.93. The number of nitrogens with one attached hydrogen (secondary N) is 2. The van der Waals surface area contributed by atoms with Gasteiger partial charge in [-0.25, -0.2) is 14.8 Å². The van der Waals surface area contributed by atoms with Gasteiger partial charge in [0, 0.05) is 37.2 Å². The summed E-state index contributed by atoms with van der Waals surface area (Å²) in [4.78, 5) is 65.6. The number of benzene rings is 1. The highest BCUT2D eigenvalue weighted by molar-refractivity contribution is 5.97. The zero-order valence-corrected chi connectivity index (χ0v) is 24.1. The summed E-state index contributed by atoms with van der Waals surface area (Å²) in [5.41, 5.74) is 0.716. The third-order valence-electron chi connectivity index (χ3n) is 7.31. The Morgan fingerprint density at radius 1 is 1.02 bits per heavy atom. The molecule has 14 heteroatoms. The van der Waals surface area contributed by atoms with Crippen LogP contribution in [0.3, 0.4) is 0 Å². The summed E-state index contributed by atoms with van der Waals surface area (Å²) in [6.07, 6.45) is 1.22. The Morgan fingerprint density at radius 3 is 2.37 bits per heavy atom. The second kappa shape index (κ2) is 15.3. The zero-order chi connectivity index (χ0) is 30.8. The van der Waals surface area contributed by atoms with Gasteiger partial charge in [0.2, 0.25) is 5.91 Å². The largest absolute Gasteiger partial charge is 0.527 e. The van der Waals surface area contributed by atoms with Gasteiger partial charge in [0.25, 0.3) is 5.91 Å². The van der Waals surface area contributed by atoms with Crippen molar-refractivity contribution in [1.82, 2.24) is 25.2 Å². The number of hydrogen-bond acceptors (Lipinski definition) is 11. The van der Waals surface area contributed by atoms with Crippen molar-refractivity contribution < 1.29 is 39.0 Å². The number of amides is 2. The summed E-state index contributed by atoms with van der Waals surface area (Å²) in [7, 11) is 0. The molecule has 4 N–H and O–H groups in total. The molecular formula is C29H38N6O8. The Labute approximate surface area is 249 Å². The van der Waals surface area contributed by atoms with E-state index in [1.54, 1.807) is 6.92 Å². The monoisotopic (exact) mass is 598 g/mol. The van der Waals surface area contributed by atoms with Gasteiger partial charge in [0.05, 0.1) is 25.8 Å². The molecule has 14 nitrogen and oxygen atoms in total. The second-order valence-electron chi connectivity index (χ2n) is 10.5. The maximum Gasteiger partial charge on any atom is 0.527 e. The molecule has 1 atom stereocenters. The Morgan fingerprint density at radius 2 is 1.72 bits per heavy atom. The van der Waals surface area contributed by atoms with Crippen LogP contribution in [0.1, 0.15) is 55.9 Å². The number of nitrogens with zero attached hydrogens (tertiary/aromatic N) is 4. The number of hydrogen-bond donors (Lipinski definition) is 4. The Hall–Kier alpha value is -4.30. The number of aliphatic hydroxyl groups is 1. The third kappa shape index (κ3) is 9.35. The zero-order valence-electron chi connectivity index (χ0n) is 24.1. The molecule has 1 aliphatic carbocycles. The fourth-order valence-electron chi connectivity index (χ4n) is 5.01. The lowest BCUT2D eigenvalue weighted by molar-refractivity contribution is -0.157. The van der Waals surface area contributed by atoms with Crippen LogP contribution in [0.4, 0.5) is 10.6 Å². The van der Waals surface area contributed by atoms with Crippen molar-refractivity contribution in [3.63, 3.8) is 0 Å². The maximum atomic E-state index is 13.5. The van der Waals surface area contributed by atoms with E-state index in [4.69, 9.17) is 9.57 Å². The maximum absolute atomic E-state index is 13.5. The highest BCUT2D eigenvalue weighted by Crippen LogP contribution is 2.24. The topological polar surface area (TPSA) is 184 Å². The molecule has 1 saturated heterocycles. The van der Waals surface area contributed by atoms with Crippen LogP contribution in [-0.4, -0.2) is 105 Å². The first-order chi connectivity index (χ1) is 20.7. The van der Waals surface area contributed by atoms with Crippen molar-refractivity contribution in [2.45, 2.75) is 63.6 Å². The molecule has 0 bridgehead atoms. The van der Waals surface area contributed by atoms with Crippen LogP contribution in [0.25, 0.3) is 11.4 Å². The van der Waals surface area contributed by atoms with E-state index in [1.807, 2.05) is 30.3 Å². The number of aliphatic carboxylic acids is 1. The highest BCUT2D eigenvalue weighted by atomic mass is 16.8. The van der Waals surface area contributed by atoms with E-state index in [2.05, 4.69) is 20.6 Å². The van der Waals surface area contributed by atoms with E-state index in [-0.39, 0.29) is 63.5 Å². The van der Waals surface area contributed by atoms with Crippen LogP contribution in [0.15, 0.2) is 36.4 Å². The number of carboxylic acid groups (broad SMARTS) is 1. The van der Waals surface area contributed by atoms with E-state index in [1.165, 1.54) is 16.0 Å². The first-order valence-corrected chi connectivity index (χ1v) is 14.5. The van der Waals surface area contributed by atoms with Crippen molar-refractivity contribution >= 4 is 29.8 Å². The summed E-state index contributed by atoms with van der Waals surface area (Å²) in [6.45, 7) is 2.69. The van der Waals surface area contributed by atoms with Gasteiger partial charge in [-0.1, -0.05) is 30.3 Å². The minimum atomic E-state index is -1.12. The lowest BCUT2D eigenvalue weighted by Crippen LogP contribution is -2.55. The molecule has 232 valence electrons. The quantitative estimate of drug-likeness (QED) is 0.277. The Balaban J connectivity index is 1.49. The van der Waals surface area contributed by atoms with Gasteiger partial charge in [-0.15, -0.1) is 5.06 Å². The van der Waals surface area contributed by atoms with E-state index < -0.39 is 30.0 Å². The predicted octanol–water partition coefficient (Wildman–Crippen LogP) is 2.05. The van der Waals surface area contributed by atoms with Crippen molar-refractivity contribution in [3.8, 4) is 11.4 Å². The molecule has 4 rings (SSSR count). The number of carboxylic acids is 1. The molecule has 1 aromatic carbocycles. The number of hydroxylamine groups is 2. The molecule has 1 saturated carbocycles. The first-order valence-electron chi connectivity index (χ1n) is 14.5. The summed E-state index contributed by atoms with van der Waals surface area (Å²) in [6, 6.07) is 9.62. The van der Waals surface area contributed by atoms with Gasteiger partial charge in [0.1, 0.15) is 17.6 Å². The molecule has 0 radical (unpaired) electrons. The van der Waals surface area contributed by atoms with Crippen LogP contribution in [0.5, 0.6) is 0 Å². The molecule has 2 amide bonds. The van der Waals surface area contributed by atoms with Crippen LogP contribution in [0, 0.1) is 0 Å². The Bertz CT molecular complexity index is 1260. The number of anilines is 1. The van der Waals surface area contributed by atoms with Crippen LogP contribution < -0.4 is 10.6 Å². The minimum Gasteiger partial charge on any atom is -0.481 e. The molecule has 2 aliphatic rings. The number of piperazine rings is 1. The molecule has 2 aromatic rings. The van der Waals surface area contributed by atoms with Crippen LogP contribution in [-0.2, 0) is 19.2 Å². The van der Waals surface area contributed by atoms with Crippen molar-refractivity contribution in [3.05, 3.63) is 42.1 Å². The number of carbonyl (C=O) groups is 4. The van der Waals surface area contributed by atoms with Gasteiger partial charge >= 0.3 is 12.1 Å². The number of carbonyl (C=O) groups excluding carboxylic acids is 3. The molecule has 0 unspecified atom stereocenters. The van der Waals surface area contributed by atoms with Gasteiger partial charge < -0.3 is 35.3 Å². The van der Waals surface area contributed by atoms with Gasteiger partial charge in [-0.3, -0.25) is 14.4 Å². The molecule has 43 heavy (non-hydrogen) atoms. The average molecular weight is 599 g/mol. The molecule has 2 heterocycles. The predicted molar refractivity (Wildman–Crippen MR) is 154 cm³/mol. The third-order valence-corrected chi connectivity index (χ3v) is 7.31. The molecule has 1 aliphatic heterocycles. The smallest absolute Gasteiger partial charge is 0.481 e. The van der Waals surface area contributed by atoms with Crippen LogP contribution >= 0.6 is 0 Å². The molecular weight excluding hydrogens is 560 g/mol. The highest BCUT2D eigenvalue weighted by Gasteiger charge is 2.31. The standard InChI is InChI=1S/C29H38N6O8/c1-2-42-29(41)43-35-16-14-34(15-17-35)28(40)22(12-13-25(37)38)32-27(39)23-18-24(30-20-8-10-21(36)11-9-20)33-26(31-23)19-6-4-3-5-7-19/h3-7,18,20-22,36H,2,8-17H2,1H3,(H,32,39)(H,37,38)(H,30,31,33)/t20?,21?,22-/m0/s1. The van der Waals surface area contributed by atoms with E-state index in [0.717, 1.165) is 12.8 Å². The number of ether oxygens (including phenoxy) is 1. The first kappa shape index (κ1) is 31.6. The summed E-state index contributed by atoms with van der Waals surface area (Å²) in [5, 5.41) is 26.6. The molecule has 1 aromatic heterocycles. The lowest BCUT2D eigenvalue weighted by Gasteiger charge is -2.35. The second-order valence-corrected chi connectivity index (χ2v) is 10.5. The van der Waals surface area contributed by atoms with Crippen molar-refractivity contribution in [2.24, 2.45) is 0 Å². The van der Waals surface area contributed by atoms with Crippen molar-refractivity contribution in [1.29, 1.82) is 0 Å². The summed E-state index contributed by atoms with van der Waals surface area (Å²) in [5.74, 6) is -1.43. The van der Waals surface area contributed by atoms with Gasteiger partial charge in [-0.05, 0) is 39.0 Å². The average Bonchev–Trinajstić information content (AvgIpc) is 3.00. The van der Waals surface area contributed by atoms with Crippen LogP contribution in [0.2, 0.25) is 0 Å². The van der Waals surface area contributed by atoms with E-state index in [0.29, 0.717) is 30.0 Å². The SMILES string of the molecule is CCOC(=O)ON1CCN(C(=O)[C@H](CCC(=O)O)NC(=O)c2cc(NC3CCC(O)CC3)nc(-c3ccccc3)n2)CC1. The van der Waals surface area contributed by atoms with Gasteiger partial charge in [-0.2, -0.15) is 0 Å². The normalized spacial score (nSPS) is 19.6. The van der Waals surface area contributed by atoms with E-state index in [9.17, 15) is 29.4 Å². The molecule has 0 spiro atoms. The van der Waals surface area contributed by atoms with Crippen molar-refractivity contribution in [2.75, 3.05) is 38.1 Å². The Kier molecular flexibility index (Phi) is 11.2. The van der Waals surface area contributed by atoms with E-state index >= 15 is 0 Å². The fraction of sp³-hybridized carbons (Fsp3) is 0.517. The summed E-state index contributed by atoms with van der Waals surface area (Å²) >= 11 is 0. The minimum absolute atomic E-state index is 0.0213. The number of aromatic nitrogens is 2. The molecule has 2 fully saturated rings. The fourth-order valence-corrected chi connectivity index (χ4v) is 5.01. The number of aliphatic hydroxyl groups excluding tert-OH is 1. The summed E-state index contributed by atoms with van der Waals surface area (Å²) < 4.78 is 4.78. The van der Waals surface area contributed by atoms with Gasteiger partial charge in [0.15, 0.2) is 5.82 Å². The number of rotatable bonds is 11.